The average molecular weight is 339 g/mol. The van der Waals surface area contributed by atoms with Crippen LogP contribution in [-0.2, 0) is 11.3 Å². The van der Waals surface area contributed by atoms with Crippen LogP contribution in [0.5, 0.6) is 5.75 Å². The Morgan fingerprint density at radius 1 is 1.23 bits per heavy atom. The van der Waals surface area contributed by atoms with Crippen LogP contribution in [0, 0.1) is 5.92 Å². The molecule has 124 valence electrons. The lowest BCUT2D eigenvalue weighted by Gasteiger charge is -2.21. The van der Waals surface area contributed by atoms with Gasteiger partial charge in [0, 0.05) is 12.5 Å². The summed E-state index contributed by atoms with van der Waals surface area (Å²) in [6.45, 7) is 1.97. The van der Waals surface area contributed by atoms with Gasteiger partial charge in [0.2, 0.25) is 5.91 Å². The Hall–Kier alpha value is -1.47. The third kappa shape index (κ3) is 6.11. The Kier molecular flexibility index (Phi) is 6.96. The van der Waals surface area contributed by atoms with E-state index in [1.165, 1.54) is 24.3 Å². The predicted molar refractivity (Wildman–Crippen MR) is 77.8 cm³/mol. The third-order valence-corrected chi connectivity index (χ3v) is 3.33. The predicted octanol–water partition coefficient (Wildman–Crippen LogP) is 2.62. The topological polar surface area (TPSA) is 50.4 Å². The van der Waals surface area contributed by atoms with Crippen LogP contribution in [0.2, 0.25) is 0 Å². The second-order valence-electron chi connectivity index (χ2n) is 4.93. The Morgan fingerprint density at radius 3 is 2.36 bits per heavy atom. The monoisotopic (exact) mass is 338 g/mol. The van der Waals surface area contributed by atoms with Gasteiger partial charge in [-0.2, -0.15) is 0 Å². The summed E-state index contributed by atoms with van der Waals surface area (Å²) >= 11 is 0. The van der Waals surface area contributed by atoms with E-state index in [2.05, 4.69) is 15.4 Å². The summed E-state index contributed by atoms with van der Waals surface area (Å²) < 4.78 is 39.8. The summed E-state index contributed by atoms with van der Waals surface area (Å²) in [7, 11) is 0. The molecule has 0 aromatic heterocycles. The molecule has 8 heteroatoms. The summed E-state index contributed by atoms with van der Waals surface area (Å²) in [6.07, 6.45) is -3.07. The standard InChI is InChI=1S/C14H17F3N2O2.ClH/c15-14(16,17)21-12-3-1-10(2-4-12)9-19-13(20)11-5-7-18-8-6-11;/h1-4,11,18H,5-9H2,(H,19,20);1H. The van der Waals surface area contributed by atoms with Gasteiger partial charge in [0.1, 0.15) is 5.75 Å². The first kappa shape index (κ1) is 18.6. The quantitative estimate of drug-likeness (QED) is 0.887. The summed E-state index contributed by atoms with van der Waals surface area (Å²) in [5.41, 5.74) is 0.729. The smallest absolute Gasteiger partial charge is 0.406 e. The molecule has 1 fully saturated rings. The first-order valence-corrected chi connectivity index (χ1v) is 6.77. The van der Waals surface area contributed by atoms with Crippen molar-refractivity contribution >= 4 is 18.3 Å². The van der Waals surface area contributed by atoms with E-state index in [0.717, 1.165) is 31.5 Å². The van der Waals surface area contributed by atoms with Gasteiger partial charge in [-0.15, -0.1) is 25.6 Å². The number of halogens is 4. The maximum absolute atomic E-state index is 12.0. The first-order chi connectivity index (χ1) is 9.94. The molecule has 1 aromatic carbocycles. The summed E-state index contributed by atoms with van der Waals surface area (Å²) in [4.78, 5) is 11.9. The number of nitrogens with one attached hydrogen (secondary N) is 2. The molecule has 2 rings (SSSR count). The van der Waals surface area contributed by atoms with Crippen molar-refractivity contribution in [2.24, 2.45) is 5.92 Å². The maximum Gasteiger partial charge on any atom is 0.573 e. The van der Waals surface area contributed by atoms with Gasteiger partial charge in [-0.3, -0.25) is 4.79 Å². The van der Waals surface area contributed by atoms with Crippen molar-refractivity contribution in [1.82, 2.24) is 10.6 Å². The van der Waals surface area contributed by atoms with Crippen molar-refractivity contribution in [2.75, 3.05) is 13.1 Å². The number of rotatable bonds is 4. The SMILES string of the molecule is Cl.O=C(NCc1ccc(OC(F)(F)F)cc1)C1CCNCC1. The van der Waals surface area contributed by atoms with E-state index >= 15 is 0 Å². The van der Waals surface area contributed by atoms with Crippen LogP contribution in [0.25, 0.3) is 0 Å². The molecule has 0 bridgehead atoms. The largest absolute Gasteiger partial charge is 0.573 e. The molecule has 0 radical (unpaired) electrons. The molecule has 1 saturated heterocycles. The highest BCUT2D eigenvalue weighted by Crippen LogP contribution is 2.22. The van der Waals surface area contributed by atoms with Crippen molar-refractivity contribution in [1.29, 1.82) is 0 Å². The lowest BCUT2D eigenvalue weighted by molar-refractivity contribution is -0.274. The number of ether oxygens (including phenoxy) is 1. The van der Waals surface area contributed by atoms with Crippen molar-refractivity contribution in [2.45, 2.75) is 25.7 Å². The van der Waals surface area contributed by atoms with Gasteiger partial charge in [-0.1, -0.05) is 12.1 Å². The number of piperidine rings is 1. The molecule has 1 heterocycles. The van der Waals surface area contributed by atoms with Gasteiger partial charge in [0.25, 0.3) is 0 Å². The molecule has 0 aliphatic carbocycles. The summed E-state index contributed by atoms with van der Waals surface area (Å²) in [5, 5.41) is 5.99. The zero-order valence-electron chi connectivity index (χ0n) is 11.8. The van der Waals surface area contributed by atoms with Crippen LogP contribution < -0.4 is 15.4 Å². The van der Waals surface area contributed by atoms with E-state index in [1.807, 2.05) is 0 Å². The highest BCUT2D eigenvalue weighted by molar-refractivity contribution is 5.85. The second-order valence-corrected chi connectivity index (χ2v) is 4.93. The normalized spacial score (nSPS) is 15.8. The van der Waals surface area contributed by atoms with E-state index in [0.29, 0.717) is 6.54 Å². The molecule has 22 heavy (non-hydrogen) atoms. The highest BCUT2D eigenvalue weighted by atomic mass is 35.5. The Morgan fingerprint density at radius 2 is 1.82 bits per heavy atom. The van der Waals surface area contributed by atoms with E-state index in [1.54, 1.807) is 0 Å². The number of hydrogen-bond acceptors (Lipinski definition) is 3. The van der Waals surface area contributed by atoms with E-state index in [-0.39, 0.29) is 30.0 Å². The van der Waals surface area contributed by atoms with Gasteiger partial charge in [0.15, 0.2) is 0 Å². The van der Waals surface area contributed by atoms with Crippen LogP contribution >= 0.6 is 12.4 Å². The number of carbonyl (C=O) groups is 1. The Balaban J connectivity index is 0.00000242. The fraction of sp³-hybridized carbons (Fsp3) is 0.500. The molecule has 0 saturated carbocycles. The fourth-order valence-corrected chi connectivity index (χ4v) is 2.23. The van der Waals surface area contributed by atoms with Gasteiger partial charge < -0.3 is 15.4 Å². The maximum atomic E-state index is 12.0. The van der Waals surface area contributed by atoms with Crippen molar-refractivity contribution in [3.63, 3.8) is 0 Å². The van der Waals surface area contributed by atoms with Crippen LogP contribution in [0.15, 0.2) is 24.3 Å². The average Bonchev–Trinajstić information content (AvgIpc) is 2.45. The molecule has 1 aliphatic heterocycles. The minimum Gasteiger partial charge on any atom is -0.406 e. The molecule has 1 aromatic rings. The second kappa shape index (κ2) is 8.24. The van der Waals surface area contributed by atoms with Gasteiger partial charge in [0.05, 0.1) is 0 Å². The fourth-order valence-electron chi connectivity index (χ4n) is 2.23. The summed E-state index contributed by atoms with van der Waals surface area (Å²) in [5.74, 6) is -0.262. The van der Waals surface area contributed by atoms with Crippen LogP contribution in [0.4, 0.5) is 13.2 Å². The van der Waals surface area contributed by atoms with E-state index < -0.39 is 6.36 Å². The highest BCUT2D eigenvalue weighted by Gasteiger charge is 2.30. The molecule has 0 spiro atoms. The number of carbonyl (C=O) groups excluding carboxylic acids is 1. The lowest BCUT2D eigenvalue weighted by atomic mass is 9.97. The van der Waals surface area contributed by atoms with Gasteiger partial charge in [-0.05, 0) is 43.6 Å². The minimum absolute atomic E-state index is 0. The van der Waals surface area contributed by atoms with Crippen LogP contribution in [0.3, 0.4) is 0 Å². The first-order valence-electron chi connectivity index (χ1n) is 6.77. The Bertz CT molecular complexity index is 474. The van der Waals surface area contributed by atoms with Gasteiger partial charge >= 0.3 is 6.36 Å². The Labute approximate surface area is 132 Å². The molecule has 2 N–H and O–H groups in total. The number of hydrogen-bond donors (Lipinski definition) is 2. The molecular weight excluding hydrogens is 321 g/mol. The molecule has 1 amide bonds. The van der Waals surface area contributed by atoms with E-state index in [9.17, 15) is 18.0 Å². The number of alkyl halides is 3. The molecular formula is C14H18ClF3N2O2. The lowest BCUT2D eigenvalue weighted by Crippen LogP contribution is -2.37. The molecule has 0 unspecified atom stereocenters. The zero-order chi connectivity index (χ0) is 15.3. The van der Waals surface area contributed by atoms with Crippen LogP contribution in [0.1, 0.15) is 18.4 Å². The van der Waals surface area contributed by atoms with Crippen molar-refractivity contribution in [3.8, 4) is 5.75 Å². The van der Waals surface area contributed by atoms with Crippen LogP contribution in [-0.4, -0.2) is 25.4 Å². The minimum atomic E-state index is -4.69. The molecule has 0 atom stereocenters. The van der Waals surface area contributed by atoms with Gasteiger partial charge in [-0.25, -0.2) is 0 Å². The number of benzene rings is 1. The zero-order valence-corrected chi connectivity index (χ0v) is 12.6. The summed E-state index contributed by atoms with van der Waals surface area (Å²) in [6, 6.07) is 5.48. The van der Waals surface area contributed by atoms with Crippen molar-refractivity contribution < 1.29 is 22.7 Å². The number of amides is 1. The molecule has 4 nitrogen and oxygen atoms in total. The third-order valence-electron chi connectivity index (χ3n) is 3.33. The molecule has 1 aliphatic rings. The van der Waals surface area contributed by atoms with Crippen molar-refractivity contribution in [3.05, 3.63) is 29.8 Å². The van der Waals surface area contributed by atoms with E-state index in [4.69, 9.17) is 0 Å².